The van der Waals surface area contributed by atoms with Gasteiger partial charge in [0.05, 0.1) is 17.9 Å². The summed E-state index contributed by atoms with van der Waals surface area (Å²) in [7, 11) is 0. The average Bonchev–Trinajstić information content (AvgIpc) is 2.79. The molecule has 96 valence electrons. The summed E-state index contributed by atoms with van der Waals surface area (Å²) < 4.78 is 2.17. The first kappa shape index (κ1) is 12.9. The topological polar surface area (TPSA) is 21.1 Å². The lowest BCUT2D eigenvalue weighted by Gasteiger charge is -2.33. The molecule has 0 bridgehead atoms. The Labute approximate surface area is 109 Å². The lowest BCUT2D eigenvalue weighted by molar-refractivity contribution is 0.157. The third kappa shape index (κ3) is 3.46. The summed E-state index contributed by atoms with van der Waals surface area (Å²) in [5, 5.41) is 0. The summed E-state index contributed by atoms with van der Waals surface area (Å²) >= 11 is 5.85. The van der Waals surface area contributed by atoms with Gasteiger partial charge in [-0.15, -0.1) is 11.6 Å². The van der Waals surface area contributed by atoms with Crippen molar-refractivity contribution in [2.24, 2.45) is 0 Å². The molecule has 0 saturated carbocycles. The maximum absolute atomic E-state index is 5.85. The minimum atomic E-state index is 0.556. The third-order valence-electron chi connectivity index (χ3n) is 3.72. The molecule has 0 N–H and O–H groups in total. The van der Waals surface area contributed by atoms with Crippen LogP contribution in [0.5, 0.6) is 0 Å². The first-order valence-electron chi connectivity index (χ1n) is 6.60. The van der Waals surface area contributed by atoms with Crippen LogP contribution in [0.4, 0.5) is 0 Å². The Bertz CT molecular complexity index is 337. The predicted molar refractivity (Wildman–Crippen MR) is 71.3 cm³/mol. The second-order valence-electron chi connectivity index (χ2n) is 4.95. The Morgan fingerprint density at radius 1 is 1.41 bits per heavy atom. The quantitative estimate of drug-likeness (QED) is 0.755. The molecule has 1 aromatic rings. The molecule has 1 aromatic heterocycles. The maximum Gasteiger partial charge on any atom is 0.0948 e. The summed E-state index contributed by atoms with van der Waals surface area (Å²) in [6.07, 6.45) is 9.05. The fraction of sp³-hybridized carbons (Fsp3) is 0.769. The second kappa shape index (κ2) is 6.41. The summed E-state index contributed by atoms with van der Waals surface area (Å²) in [5.41, 5.74) is 1.12. The van der Waals surface area contributed by atoms with E-state index in [-0.39, 0.29) is 0 Å². The number of halogens is 1. The van der Waals surface area contributed by atoms with E-state index in [9.17, 15) is 0 Å². The van der Waals surface area contributed by atoms with Gasteiger partial charge in [-0.05, 0) is 32.7 Å². The lowest BCUT2D eigenvalue weighted by Crippen LogP contribution is -2.38. The van der Waals surface area contributed by atoms with Crippen LogP contribution in [0.1, 0.15) is 38.3 Å². The molecule has 2 rings (SSSR count). The standard InChI is InChI=1S/C13H22ClN3/c1-12-5-2-3-6-16(12)7-4-8-17-11-15-10-13(17)9-14/h10-12H,2-9H2,1H3. The van der Waals surface area contributed by atoms with Crippen molar-refractivity contribution in [1.29, 1.82) is 0 Å². The minimum absolute atomic E-state index is 0.556. The van der Waals surface area contributed by atoms with Gasteiger partial charge in [0.2, 0.25) is 0 Å². The maximum atomic E-state index is 5.85. The summed E-state index contributed by atoms with van der Waals surface area (Å²) in [6.45, 7) is 5.85. The van der Waals surface area contributed by atoms with E-state index in [1.807, 2.05) is 12.5 Å². The van der Waals surface area contributed by atoms with Gasteiger partial charge < -0.3 is 9.47 Å². The van der Waals surface area contributed by atoms with E-state index in [1.165, 1.54) is 38.8 Å². The zero-order chi connectivity index (χ0) is 12.1. The van der Waals surface area contributed by atoms with E-state index in [0.717, 1.165) is 18.3 Å². The van der Waals surface area contributed by atoms with Crippen molar-refractivity contribution in [2.75, 3.05) is 13.1 Å². The molecule has 0 aromatic carbocycles. The van der Waals surface area contributed by atoms with Crippen LogP contribution in [0.15, 0.2) is 12.5 Å². The van der Waals surface area contributed by atoms with Crippen molar-refractivity contribution in [2.45, 2.75) is 51.1 Å². The number of likely N-dealkylation sites (tertiary alicyclic amines) is 1. The zero-order valence-corrected chi connectivity index (χ0v) is 11.4. The Hall–Kier alpha value is -0.540. The molecule has 3 nitrogen and oxygen atoms in total. The van der Waals surface area contributed by atoms with Crippen molar-refractivity contribution < 1.29 is 0 Å². The molecule has 1 unspecified atom stereocenters. The van der Waals surface area contributed by atoms with Gasteiger partial charge in [-0.1, -0.05) is 6.42 Å². The van der Waals surface area contributed by atoms with Crippen LogP contribution in [-0.4, -0.2) is 33.6 Å². The van der Waals surface area contributed by atoms with Crippen LogP contribution in [0, 0.1) is 0 Å². The number of aromatic nitrogens is 2. The van der Waals surface area contributed by atoms with E-state index in [1.54, 1.807) is 0 Å². The number of imidazole rings is 1. The van der Waals surface area contributed by atoms with Crippen molar-refractivity contribution in [3.05, 3.63) is 18.2 Å². The predicted octanol–water partition coefficient (Wildman–Crippen LogP) is 2.89. The molecule has 0 spiro atoms. The Balaban J connectivity index is 1.75. The number of hydrogen-bond acceptors (Lipinski definition) is 2. The van der Waals surface area contributed by atoms with Gasteiger partial charge in [0.25, 0.3) is 0 Å². The summed E-state index contributed by atoms with van der Waals surface area (Å²) in [6, 6.07) is 0.763. The number of hydrogen-bond donors (Lipinski definition) is 0. The van der Waals surface area contributed by atoms with Crippen LogP contribution >= 0.6 is 11.6 Å². The molecule has 17 heavy (non-hydrogen) atoms. The Morgan fingerprint density at radius 2 is 2.29 bits per heavy atom. The number of rotatable bonds is 5. The molecule has 1 atom stereocenters. The number of alkyl halides is 1. The van der Waals surface area contributed by atoms with Crippen molar-refractivity contribution in [1.82, 2.24) is 14.5 Å². The molecule has 1 aliphatic heterocycles. The molecule has 0 amide bonds. The molecular weight excluding hydrogens is 234 g/mol. The molecule has 1 fully saturated rings. The van der Waals surface area contributed by atoms with Crippen molar-refractivity contribution >= 4 is 11.6 Å². The van der Waals surface area contributed by atoms with Gasteiger partial charge in [-0.2, -0.15) is 0 Å². The number of nitrogens with zero attached hydrogens (tertiary/aromatic N) is 3. The zero-order valence-electron chi connectivity index (χ0n) is 10.6. The highest BCUT2D eigenvalue weighted by atomic mass is 35.5. The number of piperidine rings is 1. The highest BCUT2D eigenvalue weighted by Gasteiger charge is 2.17. The minimum Gasteiger partial charge on any atom is -0.333 e. The van der Waals surface area contributed by atoms with Gasteiger partial charge in [0.1, 0.15) is 0 Å². The largest absolute Gasteiger partial charge is 0.333 e. The molecule has 4 heteroatoms. The van der Waals surface area contributed by atoms with Gasteiger partial charge in [0.15, 0.2) is 0 Å². The Kier molecular flexibility index (Phi) is 4.86. The highest BCUT2D eigenvalue weighted by Crippen LogP contribution is 2.16. The van der Waals surface area contributed by atoms with Gasteiger partial charge in [0, 0.05) is 25.3 Å². The van der Waals surface area contributed by atoms with E-state index >= 15 is 0 Å². The highest BCUT2D eigenvalue weighted by molar-refractivity contribution is 6.16. The number of aryl methyl sites for hydroxylation is 1. The van der Waals surface area contributed by atoms with E-state index in [4.69, 9.17) is 11.6 Å². The Morgan fingerprint density at radius 3 is 3.06 bits per heavy atom. The fourth-order valence-electron chi connectivity index (χ4n) is 2.59. The molecule has 0 aliphatic carbocycles. The van der Waals surface area contributed by atoms with Crippen LogP contribution in [0.2, 0.25) is 0 Å². The second-order valence-corrected chi connectivity index (χ2v) is 5.21. The van der Waals surface area contributed by atoms with Crippen LogP contribution < -0.4 is 0 Å². The van der Waals surface area contributed by atoms with Gasteiger partial charge in [-0.3, -0.25) is 0 Å². The van der Waals surface area contributed by atoms with Crippen molar-refractivity contribution in [3.8, 4) is 0 Å². The molecule has 1 aliphatic rings. The van der Waals surface area contributed by atoms with Crippen LogP contribution in [0.25, 0.3) is 0 Å². The fourth-order valence-corrected chi connectivity index (χ4v) is 2.82. The summed E-state index contributed by atoms with van der Waals surface area (Å²) in [4.78, 5) is 6.75. The molecule has 0 radical (unpaired) electrons. The van der Waals surface area contributed by atoms with E-state index in [0.29, 0.717) is 5.88 Å². The van der Waals surface area contributed by atoms with E-state index in [2.05, 4.69) is 21.4 Å². The molecule has 1 saturated heterocycles. The normalized spacial score (nSPS) is 21.9. The lowest BCUT2D eigenvalue weighted by atomic mass is 10.0. The smallest absolute Gasteiger partial charge is 0.0948 e. The average molecular weight is 256 g/mol. The van der Waals surface area contributed by atoms with Gasteiger partial charge >= 0.3 is 0 Å². The van der Waals surface area contributed by atoms with Crippen LogP contribution in [-0.2, 0) is 12.4 Å². The molecular formula is C13H22ClN3. The first-order valence-corrected chi connectivity index (χ1v) is 7.13. The van der Waals surface area contributed by atoms with Crippen molar-refractivity contribution in [3.63, 3.8) is 0 Å². The third-order valence-corrected chi connectivity index (χ3v) is 3.99. The molecule has 2 heterocycles. The van der Waals surface area contributed by atoms with Crippen LogP contribution in [0.3, 0.4) is 0 Å². The monoisotopic (exact) mass is 255 g/mol. The van der Waals surface area contributed by atoms with Gasteiger partial charge in [-0.25, -0.2) is 4.98 Å². The summed E-state index contributed by atoms with van der Waals surface area (Å²) in [5.74, 6) is 0.556. The first-order chi connectivity index (χ1) is 8.31. The van der Waals surface area contributed by atoms with E-state index < -0.39 is 0 Å². The SMILES string of the molecule is CC1CCCCN1CCCn1cncc1CCl.